The van der Waals surface area contributed by atoms with Crippen molar-refractivity contribution in [3.63, 3.8) is 0 Å². The van der Waals surface area contributed by atoms with Gasteiger partial charge in [-0.2, -0.15) is 0 Å². The van der Waals surface area contributed by atoms with Gasteiger partial charge in [0.1, 0.15) is 5.69 Å². The fourth-order valence-electron chi connectivity index (χ4n) is 2.00. The lowest BCUT2D eigenvalue weighted by atomic mass is 10.1. The van der Waals surface area contributed by atoms with E-state index in [9.17, 15) is 26.7 Å². The number of hydrogen-bond donors (Lipinski definition) is 2. The predicted molar refractivity (Wildman–Crippen MR) is 64.5 cm³/mol. The molecular weight excluding hydrogens is 295 g/mol. The number of amides is 1. The van der Waals surface area contributed by atoms with Gasteiger partial charge >= 0.3 is 0 Å². The standard InChI is InChI=1S/C13H11F5N2O/c14-8-9(15)11(17)13(12(18)10(8)16)20-19-7(21)5-6-3-1-2-4-6/h1,3,6,20H,2,4-5H2,(H,19,21)/t6-/m1/s1. The van der Waals surface area contributed by atoms with Crippen LogP contribution in [0.1, 0.15) is 19.3 Å². The molecule has 0 unspecified atom stereocenters. The second-order valence-electron chi connectivity index (χ2n) is 4.59. The summed E-state index contributed by atoms with van der Waals surface area (Å²) in [5.74, 6) is -11.1. The Balaban J connectivity index is 2.06. The molecule has 3 nitrogen and oxygen atoms in total. The van der Waals surface area contributed by atoms with Gasteiger partial charge in [0, 0.05) is 6.42 Å². The summed E-state index contributed by atoms with van der Waals surface area (Å²) in [7, 11) is 0. The second-order valence-corrected chi connectivity index (χ2v) is 4.59. The van der Waals surface area contributed by atoms with Crippen LogP contribution in [0.4, 0.5) is 27.6 Å². The van der Waals surface area contributed by atoms with Crippen LogP contribution >= 0.6 is 0 Å². The summed E-state index contributed by atoms with van der Waals surface area (Å²) in [6.45, 7) is 0. The topological polar surface area (TPSA) is 41.1 Å². The Labute approximate surface area is 116 Å². The highest BCUT2D eigenvalue weighted by atomic mass is 19.2. The molecule has 0 spiro atoms. The van der Waals surface area contributed by atoms with E-state index in [2.05, 4.69) is 0 Å². The van der Waals surface area contributed by atoms with Gasteiger partial charge in [0.2, 0.25) is 11.7 Å². The zero-order valence-corrected chi connectivity index (χ0v) is 10.7. The molecule has 21 heavy (non-hydrogen) atoms. The highest BCUT2D eigenvalue weighted by Gasteiger charge is 2.26. The number of nitrogens with one attached hydrogen (secondary N) is 2. The molecule has 1 aliphatic rings. The van der Waals surface area contributed by atoms with Gasteiger partial charge in [-0.1, -0.05) is 12.2 Å². The molecule has 0 radical (unpaired) electrons. The van der Waals surface area contributed by atoms with Crippen molar-refractivity contribution in [1.29, 1.82) is 0 Å². The number of carbonyl (C=O) groups is 1. The van der Waals surface area contributed by atoms with E-state index < -0.39 is 40.7 Å². The molecule has 114 valence electrons. The molecule has 8 heteroatoms. The predicted octanol–water partition coefficient (Wildman–Crippen LogP) is 3.18. The minimum Gasteiger partial charge on any atom is -0.293 e. The van der Waals surface area contributed by atoms with E-state index >= 15 is 0 Å². The number of hydrazine groups is 1. The first-order chi connectivity index (χ1) is 9.91. The summed E-state index contributed by atoms with van der Waals surface area (Å²) in [6, 6.07) is 0. The van der Waals surface area contributed by atoms with Crippen LogP contribution < -0.4 is 10.9 Å². The first-order valence-corrected chi connectivity index (χ1v) is 6.14. The van der Waals surface area contributed by atoms with E-state index in [1.54, 1.807) is 5.43 Å². The average Bonchev–Trinajstić information content (AvgIpc) is 2.96. The first-order valence-electron chi connectivity index (χ1n) is 6.14. The summed E-state index contributed by atoms with van der Waals surface area (Å²) in [5, 5.41) is 0. The van der Waals surface area contributed by atoms with Crippen molar-refractivity contribution in [2.45, 2.75) is 19.3 Å². The van der Waals surface area contributed by atoms with E-state index in [-0.39, 0.29) is 12.3 Å². The Hall–Kier alpha value is -2.12. The summed E-state index contributed by atoms with van der Waals surface area (Å²) in [4.78, 5) is 11.5. The monoisotopic (exact) mass is 306 g/mol. The average molecular weight is 306 g/mol. The van der Waals surface area contributed by atoms with Crippen molar-refractivity contribution in [2.24, 2.45) is 5.92 Å². The third kappa shape index (κ3) is 3.14. The maximum Gasteiger partial charge on any atom is 0.238 e. The van der Waals surface area contributed by atoms with Crippen molar-refractivity contribution in [3.8, 4) is 0 Å². The number of benzene rings is 1. The van der Waals surface area contributed by atoms with E-state index in [4.69, 9.17) is 0 Å². The molecule has 1 aromatic rings. The van der Waals surface area contributed by atoms with Crippen molar-refractivity contribution in [3.05, 3.63) is 41.2 Å². The van der Waals surface area contributed by atoms with Gasteiger partial charge in [-0.15, -0.1) is 0 Å². The number of hydrogen-bond acceptors (Lipinski definition) is 2. The smallest absolute Gasteiger partial charge is 0.238 e. The minimum atomic E-state index is -2.25. The SMILES string of the molecule is O=C(C[C@@H]1C=CCC1)NNc1c(F)c(F)c(F)c(F)c1F. The van der Waals surface area contributed by atoms with Crippen LogP contribution in [-0.2, 0) is 4.79 Å². The quantitative estimate of drug-likeness (QED) is 0.295. The van der Waals surface area contributed by atoms with Crippen LogP contribution in [0.3, 0.4) is 0 Å². The Morgan fingerprint density at radius 1 is 1.05 bits per heavy atom. The van der Waals surface area contributed by atoms with Crippen LogP contribution in [0.2, 0.25) is 0 Å². The van der Waals surface area contributed by atoms with Crippen molar-refractivity contribution in [1.82, 2.24) is 5.43 Å². The number of rotatable bonds is 4. The number of carbonyl (C=O) groups excluding carboxylic acids is 1. The minimum absolute atomic E-state index is 0.00295. The van der Waals surface area contributed by atoms with Gasteiger partial charge in [-0.05, 0) is 18.8 Å². The molecule has 0 fully saturated rings. The van der Waals surface area contributed by atoms with Gasteiger partial charge in [0.25, 0.3) is 0 Å². The zero-order chi connectivity index (χ0) is 15.6. The van der Waals surface area contributed by atoms with Crippen molar-refractivity contribution >= 4 is 11.6 Å². The maximum absolute atomic E-state index is 13.3. The van der Waals surface area contributed by atoms with E-state index in [0.717, 1.165) is 12.8 Å². The van der Waals surface area contributed by atoms with Gasteiger partial charge in [0.05, 0.1) is 0 Å². The third-order valence-corrected chi connectivity index (χ3v) is 3.10. The Morgan fingerprint density at radius 3 is 2.14 bits per heavy atom. The van der Waals surface area contributed by atoms with Crippen LogP contribution in [-0.4, -0.2) is 5.91 Å². The van der Waals surface area contributed by atoms with Gasteiger partial charge in [-0.3, -0.25) is 15.6 Å². The van der Waals surface area contributed by atoms with E-state index in [1.165, 1.54) is 0 Å². The molecular formula is C13H11F5N2O. The third-order valence-electron chi connectivity index (χ3n) is 3.10. The Kier molecular flexibility index (Phi) is 4.44. The van der Waals surface area contributed by atoms with Crippen molar-refractivity contribution in [2.75, 3.05) is 5.43 Å². The highest BCUT2D eigenvalue weighted by Crippen LogP contribution is 2.26. The lowest BCUT2D eigenvalue weighted by molar-refractivity contribution is -0.121. The lowest BCUT2D eigenvalue weighted by Gasteiger charge is -2.13. The van der Waals surface area contributed by atoms with Gasteiger partial charge < -0.3 is 0 Å². The highest BCUT2D eigenvalue weighted by molar-refractivity contribution is 5.78. The van der Waals surface area contributed by atoms with Gasteiger partial charge in [-0.25, -0.2) is 22.0 Å². The first kappa shape index (κ1) is 15.3. The summed E-state index contributed by atoms with van der Waals surface area (Å²) >= 11 is 0. The molecule has 1 amide bonds. The largest absolute Gasteiger partial charge is 0.293 e. The number of allylic oxidation sites excluding steroid dienone is 2. The molecule has 1 atom stereocenters. The fourth-order valence-corrected chi connectivity index (χ4v) is 2.00. The molecule has 0 aromatic heterocycles. The molecule has 0 saturated heterocycles. The summed E-state index contributed by atoms with van der Waals surface area (Å²) in [6.07, 6.45) is 5.39. The molecule has 0 aliphatic heterocycles. The summed E-state index contributed by atoms with van der Waals surface area (Å²) < 4.78 is 65.3. The lowest BCUT2D eigenvalue weighted by Crippen LogP contribution is -2.31. The molecule has 0 heterocycles. The summed E-state index contributed by atoms with van der Waals surface area (Å²) in [5.41, 5.74) is 2.38. The molecule has 0 bridgehead atoms. The molecule has 1 aliphatic carbocycles. The molecule has 1 aromatic carbocycles. The maximum atomic E-state index is 13.3. The second kappa shape index (κ2) is 6.11. The fraction of sp³-hybridized carbons (Fsp3) is 0.308. The number of halogens is 5. The number of anilines is 1. The van der Waals surface area contributed by atoms with Crippen LogP contribution in [0, 0.1) is 35.0 Å². The molecule has 0 saturated carbocycles. The van der Waals surface area contributed by atoms with Crippen molar-refractivity contribution < 1.29 is 26.7 Å². The molecule has 2 rings (SSSR count). The Morgan fingerprint density at radius 2 is 1.62 bits per heavy atom. The van der Waals surface area contributed by atoms with Gasteiger partial charge in [0.15, 0.2) is 23.3 Å². The van der Waals surface area contributed by atoms with E-state index in [1.807, 2.05) is 17.6 Å². The normalized spacial score (nSPS) is 17.1. The van der Waals surface area contributed by atoms with Crippen LogP contribution in [0.5, 0.6) is 0 Å². The Bertz CT molecular complexity index is 574. The molecule has 2 N–H and O–H groups in total. The zero-order valence-electron chi connectivity index (χ0n) is 10.7. The van der Waals surface area contributed by atoms with Crippen LogP contribution in [0.25, 0.3) is 0 Å². The van der Waals surface area contributed by atoms with Crippen LogP contribution in [0.15, 0.2) is 12.2 Å². The van der Waals surface area contributed by atoms with E-state index in [0.29, 0.717) is 0 Å².